The summed E-state index contributed by atoms with van der Waals surface area (Å²) in [5, 5.41) is 4.36. The Morgan fingerprint density at radius 1 is 0.913 bits per heavy atom. The molecule has 3 rings (SSSR count). The second kappa shape index (κ2) is 6.55. The Kier molecular flexibility index (Phi) is 4.49. The Labute approximate surface area is 142 Å². The maximum atomic E-state index is 4.67. The molecule has 0 radical (unpaired) electrons. The minimum absolute atomic E-state index is 0.555. The molecule has 0 unspecified atom stereocenters. The molecule has 0 atom stereocenters. The smallest absolute Gasteiger partial charge is 0.187 e. The summed E-state index contributed by atoms with van der Waals surface area (Å²) in [4.78, 5) is 5.90. The van der Waals surface area contributed by atoms with Gasteiger partial charge in [-0.25, -0.2) is 4.98 Å². The quantitative estimate of drug-likeness (QED) is 0.610. The number of anilines is 2. The molecule has 118 valence electrons. The molecule has 0 aliphatic carbocycles. The number of hydrogen-bond acceptors (Lipinski definition) is 3. The van der Waals surface area contributed by atoms with E-state index in [0.29, 0.717) is 5.92 Å². The number of hydrogen-bond donors (Lipinski definition) is 1. The van der Waals surface area contributed by atoms with E-state index in [0.717, 1.165) is 16.5 Å². The molecule has 0 saturated carbocycles. The van der Waals surface area contributed by atoms with E-state index in [9.17, 15) is 0 Å². The van der Waals surface area contributed by atoms with Gasteiger partial charge < -0.3 is 5.32 Å². The first-order valence-electron chi connectivity index (χ1n) is 7.94. The molecule has 0 fully saturated rings. The van der Waals surface area contributed by atoms with E-state index in [2.05, 4.69) is 86.5 Å². The molecule has 1 N–H and O–H groups in total. The molecule has 0 spiro atoms. The zero-order chi connectivity index (χ0) is 16.4. The van der Waals surface area contributed by atoms with Crippen molar-refractivity contribution in [3.63, 3.8) is 0 Å². The highest BCUT2D eigenvalue weighted by Crippen LogP contribution is 2.34. The SMILES string of the molecule is Cc1ccc(-c2sc(Nc3ccc(C(C)C)cc3)nc2C)cc1. The molecule has 23 heavy (non-hydrogen) atoms. The van der Waals surface area contributed by atoms with Gasteiger partial charge in [0.15, 0.2) is 5.13 Å². The van der Waals surface area contributed by atoms with E-state index in [1.54, 1.807) is 11.3 Å². The van der Waals surface area contributed by atoms with Gasteiger partial charge in [0.05, 0.1) is 10.6 Å². The molecule has 0 saturated heterocycles. The lowest BCUT2D eigenvalue weighted by atomic mass is 10.0. The molecule has 2 nitrogen and oxygen atoms in total. The summed E-state index contributed by atoms with van der Waals surface area (Å²) in [6.07, 6.45) is 0. The van der Waals surface area contributed by atoms with Crippen LogP contribution >= 0.6 is 11.3 Å². The van der Waals surface area contributed by atoms with Gasteiger partial charge in [-0.15, -0.1) is 0 Å². The summed E-state index contributed by atoms with van der Waals surface area (Å²) in [5.74, 6) is 0.555. The summed E-state index contributed by atoms with van der Waals surface area (Å²) in [5.41, 5.74) is 6.01. The van der Waals surface area contributed by atoms with Gasteiger partial charge >= 0.3 is 0 Å². The number of aromatic nitrogens is 1. The van der Waals surface area contributed by atoms with Gasteiger partial charge in [-0.3, -0.25) is 0 Å². The Morgan fingerprint density at radius 2 is 1.57 bits per heavy atom. The van der Waals surface area contributed by atoms with Crippen LogP contribution in [0.25, 0.3) is 10.4 Å². The van der Waals surface area contributed by atoms with Gasteiger partial charge in [0.25, 0.3) is 0 Å². The standard InChI is InChI=1S/C20H22N2S/c1-13(2)16-9-11-18(12-10-16)22-20-21-15(4)19(23-20)17-7-5-14(3)6-8-17/h5-13H,1-4H3,(H,21,22). The molecule has 0 amide bonds. The van der Waals surface area contributed by atoms with Crippen molar-refractivity contribution in [2.75, 3.05) is 5.32 Å². The lowest BCUT2D eigenvalue weighted by molar-refractivity contribution is 0.867. The van der Waals surface area contributed by atoms with Crippen molar-refractivity contribution >= 4 is 22.2 Å². The van der Waals surface area contributed by atoms with Gasteiger partial charge in [0, 0.05) is 5.69 Å². The zero-order valence-electron chi connectivity index (χ0n) is 14.1. The lowest BCUT2D eigenvalue weighted by Gasteiger charge is -2.07. The average molecular weight is 322 g/mol. The van der Waals surface area contributed by atoms with E-state index >= 15 is 0 Å². The van der Waals surface area contributed by atoms with E-state index in [-0.39, 0.29) is 0 Å². The molecular formula is C20H22N2S. The number of nitrogens with zero attached hydrogens (tertiary/aromatic N) is 1. The lowest BCUT2D eigenvalue weighted by Crippen LogP contribution is -1.91. The highest BCUT2D eigenvalue weighted by Gasteiger charge is 2.10. The first kappa shape index (κ1) is 15.8. The van der Waals surface area contributed by atoms with Crippen LogP contribution < -0.4 is 5.32 Å². The molecule has 3 heteroatoms. The largest absolute Gasteiger partial charge is 0.332 e. The summed E-state index contributed by atoms with van der Waals surface area (Å²) in [6.45, 7) is 8.59. The normalized spacial score (nSPS) is 11.0. The first-order valence-corrected chi connectivity index (χ1v) is 8.76. The molecule has 1 aromatic heterocycles. The van der Waals surface area contributed by atoms with E-state index < -0.39 is 0 Å². The first-order chi connectivity index (χ1) is 11.0. The molecule has 2 aromatic carbocycles. The van der Waals surface area contributed by atoms with Crippen molar-refractivity contribution in [3.05, 3.63) is 65.4 Å². The predicted molar refractivity (Wildman–Crippen MR) is 101 cm³/mol. The van der Waals surface area contributed by atoms with Crippen molar-refractivity contribution in [1.82, 2.24) is 4.98 Å². The molecule has 1 heterocycles. The van der Waals surface area contributed by atoms with E-state index in [1.165, 1.54) is 21.6 Å². The molecule has 3 aromatic rings. The minimum Gasteiger partial charge on any atom is -0.332 e. The maximum Gasteiger partial charge on any atom is 0.187 e. The predicted octanol–water partition coefficient (Wildman–Crippen LogP) is 6.29. The third-order valence-corrected chi connectivity index (χ3v) is 5.06. The summed E-state index contributed by atoms with van der Waals surface area (Å²) in [7, 11) is 0. The number of benzene rings is 2. The fourth-order valence-electron chi connectivity index (χ4n) is 2.50. The van der Waals surface area contributed by atoms with Gasteiger partial charge in [0.1, 0.15) is 0 Å². The zero-order valence-corrected chi connectivity index (χ0v) is 14.9. The monoisotopic (exact) mass is 322 g/mol. The van der Waals surface area contributed by atoms with Crippen molar-refractivity contribution in [3.8, 4) is 10.4 Å². The Hall–Kier alpha value is -2.13. The van der Waals surface area contributed by atoms with E-state index in [1.807, 2.05) is 0 Å². The van der Waals surface area contributed by atoms with Crippen LogP contribution in [0.3, 0.4) is 0 Å². The number of nitrogens with one attached hydrogen (secondary N) is 1. The van der Waals surface area contributed by atoms with Crippen LogP contribution in [0.4, 0.5) is 10.8 Å². The fraction of sp³-hybridized carbons (Fsp3) is 0.250. The average Bonchev–Trinajstić information content (AvgIpc) is 2.89. The van der Waals surface area contributed by atoms with Crippen molar-refractivity contribution in [2.24, 2.45) is 0 Å². The number of rotatable bonds is 4. The number of thiazole rings is 1. The summed E-state index contributed by atoms with van der Waals surface area (Å²) < 4.78 is 0. The van der Waals surface area contributed by atoms with Crippen LogP contribution in [0.5, 0.6) is 0 Å². The van der Waals surface area contributed by atoms with Crippen LogP contribution in [0.15, 0.2) is 48.5 Å². The van der Waals surface area contributed by atoms with Gasteiger partial charge in [-0.1, -0.05) is 67.1 Å². The summed E-state index contributed by atoms with van der Waals surface area (Å²) >= 11 is 1.70. The maximum absolute atomic E-state index is 4.67. The fourth-order valence-corrected chi connectivity index (χ4v) is 3.49. The second-order valence-electron chi connectivity index (χ2n) is 6.20. The molecule has 0 aliphatic heterocycles. The van der Waals surface area contributed by atoms with Crippen LogP contribution in [-0.2, 0) is 0 Å². The number of aryl methyl sites for hydroxylation is 2. The topological polar surface area (TPSA) is 24.9 Å². The van der Waals surface area contributed by atoms with Crippen LogP contribution in [0.1, 0.15) is 36.6 Å². The van der Waals surface area contributed by atoms with Gasteiger partial charge in [-0.2, -0.15) is 0 Å². The van der Waals surface area contributed by atoms with Crippen molar-refractivity contribution in [2.45, 2.75) is 33.6 Å². The van der Waals surface area contributed by atoms with Crippen LogP contribution in [-0.4, -0.2) is 4.98 Å². The van der Waals surface area contributed by atoms with Gasteiger partial charge in [-0.05, 0) is 43.0 Å². The molecule has 0 aliphatic rings. The van der Waals surface area contributed by atoms with Crippen LogP contribution in [0.2, 0.25) is 0 Å². The third-order valence-electron chi connectivity index (χ3n) is 3.94. The van der Waals surface area contributed by atoms with Crippen molar-refractivity contribution in [1.29, 1.82) is 0 Å². The highest BCUT2D eigenvalue weighted by atomic mass is 32.1. The minimum atomic E-state index is 0.555. The second-order valence-corrected chi connectivity index (χ2v) is 7.20. The molecule has 0 bridgehead atoms. The Morgan fingerprint density at radius 3 is 2.17 bits per heavy atom. The van der Waals surface area contributed by atoms with Crippen LogP contribution in [0, 0.1) is 13.8 Å². The van der Waals surface area contributed by atoms with E-state index in [4.69, 9.17) is 0 Å². The highest BCUT2D eigenvalue weighted by molar-refractivity contribution is 7.19. The molecular weight excluding hydrogens is 300 g/mol. The Balaban J connectivity index is 1.82. The van der Waals surface area contributed by atoms with Crippen molar-refractivity contribution < 1.29 is 0 Å². The Bertz CT molecular complexity index is 784. The third kappa shape index (κ3) is 3.62. The summed E-state index contributed by atoms with van der Waals surface area (Å²) in [6, 6.07) is 17.2. The van der Waals surface area contributed by atoms with Gasteiger partial charge in [0.2, 0.25) is 0 Å².